The molecule has 0 unspecified atom stereocenters. The van der Waals surface area contributed by atoms with Crippen LogP contribution in [0.15, 0.2) is 47.8 Å². The van der Waals surface area contributed by atoms with E-state index in [-0.39, 0.29) is 0 Å². The van der Waals surface area contributed by atoms with E-state index in [2.05, 4.69) is 48.5 Å². The molecule has 2 fully saturated rings. The van der Waals surface area contributed by atoms with Crippen molar-refractivity contribution >= 4 is 28.9 Å². The molecule has 2 aromatic heterocycles. The van der Waals surface area contributed by atoms with Crippen LogP contribution >= 0.6 is 12.2 Å². The maximum atomic E-state index is 5.64. The van der Waals surface area contributed by atoms with Gasteiger partial charge in [0.15, 0.2) is 5.11 Å². The number of hydrogen-bond donors (Lipinski definition) is 1. The molecule has 4 heterocycles. The molecule has 2 aromatic rings. The van der Waals surface area contributed by atoms with Gasteiger partial charge in [0.1, 0.15) is 5.82 Å². The van der Waals surface area contributed by atoms with Crippen LogP contribution in [0.25, 0.3) is 0 Å². The summed E-state index contributed by atoms with van der Waals surface area (Å²) in [4.78, 5) is 13.7. The van der Waals surface area contributed by atoms with Crippen LogP contribution in [-0.2, 0) is 6.42 Å². The summed E-state index contributed by atoms with van der Waals surface area (Å²) in [5.74, 6) is 2.34. The number of likely N-dealkylation sites (tertiary alicyclic amines) is 1. The minimum Gasteiger partial charge on any atom is -0.356 e. The quantitative estimate of drug-likeness (QED) is 0.626. The third-order valence-corrected chi connectivity index (χ3v) is 6.41. The Bertz CT molecular complexity index is 885. The second kappa shape index (κ2) is 7.47. The second-order valence-corrected chi connectivity index (χ2v) is 8.24. The molecule has 3 aliphatic rings. The van der Waals surface area contributed by atoms with Gasteiger partial charge >= 0.3 is 0 Å². The van der Waals surface area contributed by atoms with E-state index in [1.807, 2.05) is 24.5 Å². The van der Waals surface area contributed by atoms with Crippen molar-refractivity contribution in [2.75, 3.05) is 31.1 Å². The molecule has 1 N–H and O–H groups in total. The molecule has 2 saturated heterocycles. The first-order chi connectivity index (χ1) is 13.8. The van der Waals surface area contributed by atoms with Crippen LogP contribution in [0, 0.1) is 11.8 Å². The molecule has 0 aromatic carbocycles. The lowest BCUT2D eigenvalue weighted by atomic mass is 9.95. The molecule has 1 aliphatic carbocycles. The average molecular weight is 393 g/mol. The van der Waals surface area contributed by atoms with E-state index in [4.69, 9.17) is 12.2 Å². The van der Waals surface area contributed by atoms with Crippen LogP contribution in [-0.4, -0.2) is 51.9 Å². The number of nitrogens with zero attached hydrogens (tertiary/aromatic N) is 5. The minimum absolute atomic E-state index is 0.631. The van der Waals surface area contributed by atoms with Crippen molar-refractivity contribution in [3.8, 4) is 0 Å². The first-order valence-corrected chi connectivity index (χ1v) is 10.4. The van der Waals surface area contributed by atoms with E-state index < -0.39 is 0 Å². The maximum absolute atomic E-state index is 5.64. The minimum atomic E-state index is 0.631. The topological polar surface area (TPSA) is 56.7 Å². The molecule has 0 radical (unpaired) electrons. The van der Waals surface area contributed by atoms with E-state index in [0.29, 0.717) is 11.8 Å². The van der Waals surface area contributed by atoms with E-state index in [1.54, 1.807) is 0 Å². The van der Waals surface area contributed by atoms with Crippen molar-refractivity contribution in [1.82, 2.24) is 20.3 Å². The molecule has 2 aliphatic heterocycles. The lowest BCUT2D eigenvalue weighted by molar-refractivity contribution is 0.468. The van der Waals surface area contributed by atoms with Crippen LogP contribution in [0.1, 0.15) is 24.1 Å². The molecular weight excluding hydrogens is 368 g/mol. The van der Waals surface area contributed by atoms with Gasteiger partial charge in [-0.25, -0.2) is 4.98 Å². The zero-order valence-corrected chi connectivity index (χ0v) is 16.6. The second-order valence-electron chi connectivity index (χ2n) is 7.86. The van der Waals surface area contributed by atoms with E-state index in [0.717, 1.165) is 67.8 Å². The first-order valence-electron chi connectivity index (χ1n) is 9.99. The van der Waals surface area contributed by atoms with Crippen LogP contribution < -0.4 is 10.3 Å². The summed E-state index contributed by atoms with van der Waals surface area (Å²) in [7, 11) is 0. The number of thiocarbonyl (C=S) groups is 1. The fourth-order valence-corrected chi connectivity index (χ4v) is 4.84. The molecule has 28 heavy (non-hydrogen) atoms. The molecule has 2 atom stereocenters. The molecule has 5 rings (SSSR count). The third kappa shape index (κ3) is 3.35. The van der Waals surface area contributed by atoms with Crippen LogP contribution in [0.2, 0.25) is 0 Å². The monoisotopic (exact) mass is 392 g/mol. The lowest BCUT2D eigenvalue weighted by Crippen LogP contribution is -2.38. The van der Waals surface area contributed by atoms with Gasteiger partial charge in [0.05, 0.1) is 11.4 Å². The Balaban J connectivity index is 1.20. The van der Waals surface area contributed by atoms with Crippen LogP contribution in [0.4, 0.5) is 5.82 Å². The Labute approximate surface area is 170 Å². The summed E-state index contributed by atoms with van der Waals surface area (Å²) in [6, 6.07) is 10.3. The highest BCUT2D eigenvalue weighted by atomic mass is 32.1. The lowest BCUT2D eigenvalue weighted by Gasteiger charge is -2.24. The summed E-state index contributed by atoms with van der Waals surface area (Å²) in [6.07, 6.45) is 6.85. The number of pyridine rings is 2. The molecule has 144 valence electrons. The summed E-state index contributed by atoms with van der Waals surface area (Å²) < 4.78 is 0. The van der Waals surface area contributed by atoms with Crippen molar-refractivity contribution in [3.63, 3.8) is 0 Å². The number of rotatable bonds is 2. The Morgan fingerprint density at radius 2 is 1.82 bits per heavy atom. The fourth-order valence-electron chi connectivity index (χ4n) is 4.65. The van der Waals surface area contributed by atoms with Gasteiger partial charge in [-0.15, -0.1) is 0 Å². The van der Waals surface area contributed by atoms with E-state index in [1.165, 1.54) is 5.56 Å². The molecule has 0 saturated carbocycles. The van der Waals surface area contributed by atoms with Crippen molar-refractivity contribution in [2.24, 2.45) is 16.9 Å². The Kier molecular flexibility index (Phi) is 4.68. The number of hydrazone groups is 1. The normalized spacial score (nSPS) is 24.9. The zero-order valence-electron chi connectivity index (χ0n) is 15.8. The standard InChI is InChI=1S/C21H24N6S/c28-21(25-24-18-7-3-5-15-6-4-10-23-20(15)18)27-13-16-11-26(12-17(16)14-27)19-8-1-2-9-22-19/h1-2,4,6,8-10,16-17H,3,5,7,11-14H2,(H,25,28)/b24-18+/t16-,17+. The van der Waals surface area contributed by atoms with Crippen LogP contribution in [0.5, 0.6) is 0 Å². The molecule has 7 heteroatoms. The first kappa shape index (κ1) is 17.6. The highest BCUT2D eigenvalue weighted by Gasteiger charge is 2.41. The van der Waals surface area contributed by atoms with Gasteiger partial charge in [0.2, 0.25) is 0 Å². The predicted octanol–water partition coefficient (Wildman–Crippen LogP) is 2.46. The largest absolute Gasteiger partial charge is 0.356 e. The molecular formula is C21H24N6S. The van der Waals surface area contributed by atoms with Gasteiger partial charge in [0.25, 0.3) is 0 Å². The highest BCUT2D eigenvalue weighted by molar-refractivity contribution is 7.80. The molecule has 0 spiro atoms. The van der Waals surface area contributed by atoms with Gasteiger partial charge in [0, 0.05) is 50.4 Å². The van der Waals surface area contributed by atoms with Gasteiger partial charge in [-0.3, -0.25) is 10.4 Å². The van der Waals surface area contributed by atoms with E-state index in [9.17, 15) is 0 Å². The maximum Gasteiger partial charge on any atom is 0.189 e. The Morgan fingerprint density at radius 1 is 1.00 bits per heavy atom. The Hall–Kier alpha value is -2.54. The van der Waals surface area contributed by atoms with Gasteiger partial charge in [-0.1, -0.05) is 12.1 Å². The predicted molar refractivity (Wildman–Crippen MR) is 114 cm³/mol. The summed E-state index contributed by atoms with van der Waals surface area (Å²) in [5.41, 5.74) is 6.47. The number of aromatic nitrogens is 2. The molecule has 6 nitrogen and oxygen atoms in total. The van der Waals surface area contributed by atoms with Crippen molar-refractivity contribution in [2.45, 2.75) is 19.3 Å². The number of nitrogens with one attached hydrogen (secondary N) is 1. The SMILES string of the molecule is S=C(N/N=C1\CCCc2cccnc21)N1C[C@@H]2CN(c3ccccn3)C[C@@H]2C1. The average Bonchev–Trinajstić information content (AvgIpc) is 3.32. The van der Waals surface area contributed by atoms with Crippen molar-refractivity contribution in [3.05, 3.63) is 54.0 Å². The number of anilines is 1. The van der Waals surface area contributed by atoms with Gasteiger partial charge in [-0.05, 0) is 55.2 Å². The molecule has 0 bridgehead atoms. The van der Waals surface area contributed by atoms with Crippen molar-refractivity contribution in [1.29, 1.82) is 0 Å². The third-order valence-electron chi connectivity index (χ3n) is 6.06. The van der Waals surface area contributed by atoms with Gasteiger partial charge in [-0.2, -0.15) is 5.10 Å². The molecule has 0 amide bonds. The summed E-state index contributed by atoms with van der Waals surface area (Å²) in [5, 5.41) is 5.36. The fraction of sp³-hybridized carbons (Fsp3) is 0.429. The number of hydrogen-bond acceptors (Lipinski definition) is 5. The summed E-state index contributed by atoms with van der Waals surface area (Å²) >= 11 is 5.64. The number of fused-ring (bicyclic) bond motifs is 2. The van der Waals surface area contributed by atoms with Gasteiger partial charge < -0.3 is 9.80 Å². The highest BCUT2D eigenvalue weighted by Crippen LogP contribution is 2.33. The smallest absolute Gasteiger partial charge is 0.189 e. The van der Waals surface area contributed by atoms with Crippen LogP contribution in [0.3, 0.4) is 0 Å². The van der Waals surface area contributed by atoms with Crippen molar-refractivity contribution < 1.29 is 0 Å². The summed E-state index contributed by atoms with van der Waals surface area (Å²) in [6.45, 7) is 4.07. The Morgan fingerprint density at radius 3 is 2.61 bits per heavy atom. The number of aryl methyl sites for hydroxylation is 1. The van der Waals surface area contributed by atoms with E-state index >= 15 is 0 Å². The zero-order chi connectivity index (χ0) is 18.9.